The van der Waals surface area contributed by atoms with E-state index in [0.29, 0.717) is 32.3 Å². The maximum absolute atomic E-state index is 13.3. The zero-order valence-electron chi connectivity index (χ0n) is 13.1. The largest absolute Gasteiger partial charge is 0.335 e. The minimum Gasteiger partial charge on any atom is -0.335 e. The van der Waals surface area contributed by atoms with Gasteiger partial charge in [0.1, 0.15) is 5.82 Å². The highest BCUT2D eigenvalue weighted by Crippen LogP contribution is 2.26. The lowest BCUT2D eigenvalue weighted by atomic mass is 10.2. The topological polar surface area (TPSA) is 85.8 Å². The summed E-state index contributed by atoms with van der Waals surface area (Å²) in [5, 5.41) is 11.7. The summed E-state index contributed by atoms with van der Waals surface area (Å²) in [6, 6.07) is 10.6. The molecule has 0 spiro atoms. The summed E-state index contributed by atoms with van der Waals surface area (Å²) in [4.78, 5) is 12.1. The number of amides is 1. The summed E-state index contributed by atoms with van der Waals surface area (Å²) in [5.74, 6) is 5.63. The predicted octanol–water partition coefficient (Wildman–Crippen LogP) is 3.84. The van der Waals surface area contributed by atoms with Crippen LogP contribution in [-0.2, 0) is 4.79 Å². The Morgan fingerprint density at radius 1 is 1.19 bits per heavy atom. The third-order valence-electron chi connectivity index (χ3n) is 3.28. The van der Waals surface area contributed by atoms with Crippen molar-refractivity contribution in [3.8, 4) is 11.4 Å². The van der Waals surface area contributed by atoms with Crippen LogP contribution in [0.2, 0.25) is 10.0 Å². The average molecular weight is 412 g/mol. The van der Waals surface area contributed by atoms with Crippen LogP contribution in [0.1, 0.15) is 0 Å². The molecule has 0 saturated heterocycles. The lowest BCUT2D eigenvalue weighted by molar-refractivity contribution is -0.113. The van der Waals surface area contributed by atoms with Gasteiger partial charge in [0.25, 0.3) is 0 Å². The molecule has 0 aliphatic heterocycles. The van der Waals surface area contributed by atoms with E-state index in [9.17, 15) is 9.18 Å². The number of rotatable bonds is 5. The van der Waals surface area contributed by atoms with Crippen LogP contribution < -0.4 is 11.2 Å². The van der Waals surface area contributed by atoms with Crippen molar-refractivity contribution in [2.45, 2.75) is 5.16 Å². The molecule has 0 fully saturated rings. The van der Waals surface area contributed by atoms with Crippen LogP contribution in [0, 0.1) is 5.82 Å². The van der Waals surface area contributed by atoms with Gasteiger partial charge < -0.3 is 11.2 Å². The summed E-state index contributed by atoms with van der Waals surface area (Å²) in [6.07, 6.45) is 0. The highest BCUT2D eigenvalue weighted by Gasteiger charge is 2.14. The van der Waals surface area contributed by atoms with E-state index in [-0.39, 0.29) is 11.7 Å². The summed E-state index contributed by atoms with van der Waals surface area (Å²) >= 11 is 12.8. The van der Waals surface area contributed by atoms with Crippen LogP contribution in [0.4, 0.5) is 10.1 Å². The standard InChI is InChI=1S/C16H12Cl2FN5OS/c17-12-5-4-11(7-13(12)18)21-14(25)8-26-16-23-22-15(24(16)20)9-2-1-3-10(19)6-9/h1-7H,8,20H2,(H,21,25). The second-order valence-corrected chi connectivity index (χ2v) is 6.91. The number of nitrogens with two attached hydrogens (primary N) is 1. The number of hydrogen-bond acceptors (Lipinski definition) is 5. The van der Waals surface area contributed by atoms with Crippen LogP contribution in [0.3, 0.4) is 0 Å². The molecule has 0 unspecified atom stereocenters. The highest BCUT2D eigenvalue weighted by molar-refractivity contribution is 7.99. The quantitative estimate of drug-likeness (QED) is 0.491. The first-order valence-corrected chi connectivity index (χ1v) is 9.02. The fourth-order valence-electron chi connectivity index (χ4n) is 2.10. The molecular weight excluding hydrogens is 400 g/mol. The average Bonchev–Trinajstić information content (AvgIpc) is 2.97. The number of benzene rings is 2. The van der Waals surface area contributed by atoms with Crippen molar-refractivity contribution in [1.82, 2.24) is 14.9 Å². The lowest BCUT2D eigenvalue weighted by Gasteiger charge is -2.06. The Morgan fingerprint density at radius 2 is 2.00 bits per heavy atom. The number of anilines is 1. The molecule has 0 atom stereocenters. The van der Waals surface area contributed by atoms with Crippen LogP contribution >= 0.6 is 35.0 Å². The van der Waals surface area contributed by atoms with E-state index in [1.54, 1.807) is 30.3 Å². The molecule has 0 saturated carbocycles. The van der Waals surface area contributed by atoms with Crippen molar-refractivity contribution in [2.75, 3.05) is 16.9 Å². The molecule has 1 amide bonds. The fourth-order valence-corrected chi connectivity index (χ4v) is 3.06. The second-order valence-electron chi connectivity index (χ2n) is 5.15. The van der Waals surface area contributed by atoms with Crippen molar-refractivity contribution >= 4 is 46.6 Å². The van der Waals surface area contributed by atoms with Crippen LogP contribution in [-0.4, -0.2) is 26.5 Å². The fraction of sp³-hybridized carbons (Fsp3) is 0.0625. The Balaban J connectivity index is 1.64. The molecule has 0 aliphatic rings. The predicted molar refractivity (Wildman–Crippen MR) is 101 cm³/mol. The van der Waals surface area contributed by atoms with Crippen molar-refractivity contribution < 1.29 is 9.18 Å². The van der Waals surface area contributed by atoms with E-state index >= 15 is 0 Å². The van der Waals surface area contributed by atoms with E-state index in [1.807, 2.05) is 0 Å². The SMILES string of the molecule is Nn1c(SCC(=O)Nc2ccc(Cl)c(Cl)c2)nnc1-c1cccc(F)c1. The number of hydrogen-bond donors (Lipinski definition) is 2. The molecule has 10 heteroatoms. The number of nitrogen functional groups attached to an aromatic ring is 1. The van der Waals surface area contributed by atoms with Gasteiger partial charge in [0.2, 0.25) is 11.1 Å². The third kappa shape index (κ3) is 4.27. The Morgan fingerprint density at radius 3 is 2.73 bits per heavy atom. The molecule has 3 aromatic rings. The molecule has 3 N–H and O–H groups in total. The number of nitrogens with zero attached hydrogens (tertiary/aromatic N) is 3. The number of aromatic nitrogens is 3. The molecule has 0 radical (unpaired) electrons. The molecular formula is C16H12Cl2FN5OS. The maximum atomic E-state index is 13.3. The normalized spacial score (nSPS) is 10.7. The first-order chi connectivity index (χ1) is 12.4. The monoisotopic (exact) mass is 411 g/mol. The van der Waals surface area contributed by atoms with Gasteiger partial charge in [0.05, 0.1) is 15.8 Å². The Labute approximate surface area is 162 Å². The number of carbonyl (C=O) groups excluding carboxylic acids is 1. The van der Waals surface area contributed by atoms with Crippen LogP contribution in [0.5, 0.6) is 0 Å². The van der Waals surface area contributed by atoms with E-state index in [2.05, 4.69) is 15.5 Å². The molecule has 1 heterocycles. The summed E-state index contributed by atoms with van der Waals surface area (Å²) in [5.41, 5.74) is 1.02. The van der Waals surface area contributed by atoms with E-state index < -0.39 is 5.82 Å². The van der Waals surface area contributed by atoms with Gasteiger partial charge >= 0.3 is 0 Å². The molecule has 6 nitrogen and oxygen atoms in total. The van der Waals surface area contributed by atoms with Crippen LogP contribution in [0.15, 0.2) is 47.6 Å². The van der Waals surface area contributed by atoms with E-state index in [0.717, 1.165) is 11.8 Å². The van der Waals surface area contributed by atoms with Crippen molar-refractivity contribution in [2.24, 2.45) is 0 Å². The molecule has 134 valence electrons. The first-order valence-electron chi connectivity index (χ1n) is 7.28. The van der Waals surface area contributed by atoms with Gasteiger partial charge in [-0.2, -0.15) is 0 Å². The first kappa shape index (κ1) is 18.5. The minimum absolute atomic E-state index is 0.0543. The molecule has 3 rings (SSSR count). The van der Waals surface area contributed by atoms with Crippen molar-refractivity contribution in [1.29, 1.82) is 0 Å². The molecule has 26 heavy (non-hydrogen) atoms. The van der Waals surface area contributed by atoms with Crippen molar-refractivity contribution in [3.63, 3.8) is 0 Å². The lowest BCUT2D eigenvalue weighted by Crippen LogP contribution is -2.16. The second kappa shape index (κ2) is 7.94. The Hall–Kier alpha value is -2.29. The minimum atomic E-state index is -0.402. The van der Waals surface area contributed by atoms with Gasteiger partial charge in [-0.3, -0.25) is 4.79 Å². The van der Waals surface area contributed by atoms with Gasteiger partial charge in [-0.25, -0.2) is 9.07 Å². The zero-order valence-corrected chi connectivity index (χ0v) is 15.4. The third-order valence-corrected chi connectivity index (χ3v) is 4.97. The number of thioether (sulfide) groups is 1. The van der Waals surface area contributed by atoms with Crippen LogP contribution in [0.25, 0.3) is 11.4 Å². The summed E-state index contributed by atoms with van der Waals surface area (Å²) in [7, 11) is 0. The number of carbonyl (C=O) groups is 1. The number of nitrogens with one attached hydrogen (secondary N) is 1. The molecule has 2 aromatic carbocycles. The molecule has 0 bridgehead atoms. The number of halogens is 3. The smallest absolute Gasteiger partial charge is 0.234 e. The highest BCUT2D eigenvalue weighted by atomic mass is 35.5. The van der Waals surface area contributed by atoms with Gasteiger partial charge in [0, 0.05) is 11.3 Å². The van der Waals surface area contributed by atoms with E-state index in [4.69, 9.17) is 29.0 Å². The zero-order chi connectivity index (χ0) is 18.7. The van der Waals surface area contributed by atoms with Gasteiger partial charge in [-0.15, -0.1) is 10.2 Å². The van der Waals surface area contributed by atoms with E-state index in [1.165, 1.54) is 16.8 Å². The molecule has 1 aromatic heterocycles. The van der Waals surface area contributed by atoms with Crippen molar-refractivity contribution in [3.05, 3.63) is 58.3 Å². The molecule has 0 aliphatic carbocycles. The van der Waals surface area contributed by atoms with Gasteiger partial charge in [0.15, 0.2) is 5.82 Å². The summed E-state index contributed by atoms with van der Waals surface area (Å²) in [6.45, 7) is 0. The summed E-state index contributed by atoms with van der Waals surface area (Å²) < 4.78 is 14.5. The van der Waals surface area contributed by atoms with Gasteiger partial charge in [-0.1, -0.05) is 47.1 Å². The van der Waals surface area contributed by atoms with Gasteiger partial charge in [-0.05, 0) is 30.3 Å². The maximum Gasteiger partial charge on any atom is 0.234 e. The Bertz CT molecular complexity index is 966. The Kier molecular flexibility index (Phi) is 5.65.